The van der Waals surface area contributed by atoms with Crippen molar-refractivity contribution in [2.75, 3.05) is 11.9 Å². The summed E-state index contributed by atoms with van der Waals surface area (Å²) in [4.78, 5) is 10.4. The molecule has 0 saturated heterocycles. The number of rotatable bonds is 7. The Morgan fingerprint density at radius 3 is 2.52 bits per heavy atom. The fourth-order valence-corrected chi connectivity index (χ4v) is 2.93. The van der Waals surface area contributed by atoms with Crippen LogP contribution in [0.1, 0.15) is 32.5 Å². The van der Waals surface area contributed by atoms with Crippen molar-refractivity contribution in [2.24, 2.45) is 0 Å². The normalized spacial score (nSPS) is 10.6. The fourth-order valence-electron chi connectivity index (χ4n) is 1.83. The Labute approximate surface area is 139 Å². The molecule has 0 unspecified atom stereocenters. The maximum atomic E-state index is 4.65. The number of anilines is 1. The summed E-state index contributed by atoms with van der Waals surface area (Å²) < 4.78 is 1.09. The summed E-state index contributed by atoms with van der Waals surface area (Å²) >= 11 is 5.13. The third-order valence-electron chi connectivity index (χ3n) is 2.81. The average molecular weight is 366 g/mol. The Kier molecular flexibility index (Phi) is 6.51. The van der Waals surface area contributed by atoms with Crippen molar-refractivity contribution >= 4 is 33.5 Å². The minimum atomic E-state index is 0.912. The summed E-state index contributed by atoms with van der Waals surface area (Å²) in [7, 11) is 0. The second-order valence-electron chi connectivity index (χ2n) is 4.74. The van der Waals surface area contributed by atoms with E-state index in [-0.39, 0.29) is 0 Å². The molecule has 1 aromatic carbocycles. The van der Waals surface area contributed by atoms with Crippen molar-refractivity contribution in [3.8, 4) is 0 Å². The van der Waals surface area contributed by atoms with Gasteiger partial charge in [-0.1, -0.05) is 41.5 Å². The number of benzene rings is 1. The van der Waals surface area contributed by atoms with E-state index in [0.717, 1.165) is 46.9 Å². The van der Waals surface area contributed by atoms with E-state index in [4.69, 9.17) is 0 Å². The Morgan fingerprint density at radius 2 is 1.86 bits per heavy atom. The molecule has 2 rings (SSSR count). The van der Waals surface area contributed by atoms with E-state index in [1.54, 1.807) is 11.8 Å². The number of hydrogen-bond acceptors (Lipinski definition) is 4. The van der Waals surface area contributed by atoms with Gasteiger partial charge in [0.05, 0.1) is 0 Å². The van der Waals surface area contributed by atoms with E-state index in [0.29, 0.717) is 0 Å². The summed E-state index contributed by atoms with van der Waals surface area (Å²) in [6.45, 7) is 5.24. The van der Waals surface area contributed by atoms with Gasteiger partial charge in [-0.3, -0.25) is 0 Å². The molecule has 2 aromatic rings. The number of aryl methyl sites for hydroxylation is 1. The number of aromatic nitrogens is 2. The molecule has 112 valence electrons. The lowest BCUT2D eigenvalue weighted by Gasteiger charge is -2.09. The monoisotopic (exact) mass is 365 g/mol. The molecule has 0 spiro atoms. The molecular formula is C16H20BrN3S. The molecule has 3 nitrogen and oxygen atoms in total. The number of nitrogens with zero attached hydrogens (tertiary/aromatic N) is 2. The van der Waals surface area contributed by atoms with E-state index < -0.39 is 0 Å². The van der Waals surface area contributed by atoms with E-state index >= 15 is 0 Å². The molecule has 5 heteroatoms. The molecule has 0 fully saturated rings. The summed E-state index contributed by atoms with van der Waals surface area (Å²) in [5, 5.41) is 4.35. The Morgan fingerprint density at radius 1 is 1.10 bits per heavy atom. The maximum Gasteiger partial charge on any atom is 0.132 e. The van der Waals surface area contributed by atoms with Crippen molar-refractivity contribution in [1.82, 2.24) is 9.97 Å². The highest BCUT2D eigenvalue weighted by Gasteiger charge is 2.06. The lowest BCUT2D eigenvalue weighted by atomic mass is 10.3. The minimum absolute atomic E-state index is 0.912. The molecular weight excluding hydrogens is 346 g/mol. The Hall–Kier alpha value is -1.07. The first-order valence-corrected chi connectivity index (χ1v) is 8.87. The predicted octanol–water partition coefficient (Wildman–Crippen LogP) is 5.16. The molecule has 0 bridgehead atoms. The van der Waals surface area contributed by atoms with E-state index in [1.165, 1.54) is 4.90 Å². The molecule has 0 saturated carbocycles. The van der Waals surface area contributed by atoms with Crippen LogP contribution in [0.5, 0.6) is 0 Å². The molecule has 0 amide bonds. The average Bonchev–Trinajstić information content (AvgIpc) is 2.48. The smallest absolute Gasteiger partial charge is 0.132 e. The van der Waals surface area contributed by atoms with Crippen LogP contribution in [0.3, 0.4) is 0 Å². The predicted molar refractivity (Wildman–Crippen MR) is 93.1 cm³/mol. The number of nitrogens with one attached hydrogen (secondary N) is 1. The van der Waals surface area contributed by atoms with Crippen molar-refractivity contribution in [3.63, 3.8) is 0 Å². The third kappa shape index (κ3) is 5.32. The van der Waals surface area contributed by atoms with Gasteiger partial charge in [-0.2, -0.15) is 0 Å². The van der Waals surface area contributed by atoms with Gasteiger partial charge in [0.2, 0.25) is 0 Å². The summed E-state index contributed by atoms with van der Waals surface area (Å²) in [6, 6.07) is 10.3. The SMILES string of the molecule is CCCNc1cc(Sc2ccc(Br)cc2)nc(CCC)n1. The lowest BCUT2D eigenvalue weighted by Crippen LogP contribution is -2.05. The quantitative estimate of drug-likeness (QED) is 0.687. The first-order valence-electron chi connectivity index (χ1n) is 7.26. The van der Waals surface area contributed by atoms with Crippen LogP contribution in [0.25, 0.3) is 0 Å². The third-order valence-corrected chi connectivity index (χ3v) is 4.27. The lowest BCUT2D eigenvalue weighted by molar-refractivity contribution is 0.807. The van der Waals surface area contributed by atoms with Gasteiger partial charge < -0.3 is 5.32 Å². The Bertz CT molecular complexity index is 572. The molecule has 0 aliphatic carbocycles. The van der Waals surface area contributed by atoms with E-state index in [2.05, 4.69) is 57.2 Å². The first-order chi connectivity index (χ1) is 10.2. The zero-order valence-corrected chi connectivity index (χ0v) is 14.8. The zero-order chi connectivity index (χ0) is 15.1. The molecule has 1 N–H and O–H groups in total. The van der Waals surface area contributed by atoms with Crippen molar-refractivity contribution in [3.05, 3.63) is 40.6 Å². The summed E-state index contributed by atoms with van der Waals surface area (Å²) in [5.74, 6) is 1.84. The molecule has 0 atom stereocenters. The van der Waals surface area contributed by atoms with Crippen LogP contribution in [-0.2, 0) is 6.42 Å². The van der Waals surface area contributed by atoms with Crippen molar-refractivity contribution < 1.29 is 0 Å². The highest BCUT2D eigenvalue weighted by molar-refractivity contribution is 9.10. The van der Waals surface area contributed by atoms with Gasteiger partial charge in [0.25, 0.3) is 0 Å². The minimum Gasteiger partial charge on any atom is -0.370 e. The zero-order valence-electron chi connectivity index (χ0n) is 12.4. The van der Waals surface area contributed by atoms with Crippen LogP contribution in [0.4, 0.5) is 5.82 Å². The van der Waals surface area contributed by atoms with Gasteiger partial charge in [0, 0.05) is 28.4 Å². The van der Waals surface area contributed by atoms with Gasteiger partial charge in [0.1, 0.15) is 16.7 Å². The topological polar surface area (TPSA) is 37.8 Å². The fraction of sp³-hybridized carbons (Fsp3) is 0.375. The highest BCUT2D eigenvalue weighted by atomic mass is 79.9. The van der Waals surface area contributed by atoms with Gasteiger partial charge in [-0.05, 0) is 37.1 Å². The second kappa shape index (κ2) is 8.39. The van der Waals surface area contributed by atoms with Crippen molar-refractivity contribution in [2.45, 2.75) is 43.0 Å². The summed E-state index contributed by atoms with van der Waals surface area (Å²) in [6.07, 6.45) is 3.05. The maximum absolute atomic E-state index is 4.65. The van der Waals surface area contributed by atoms with Gasteiger partial charge >= 0.3 is 0 Å². The van der Waals surface area contributed by atoms with Crippen LogP contribution in [0, 0.1) is 0 Å². The van der Waals surface area contributed by atoms with Gasteiger partial charge in [-0.25, -0.2) is 9.97 Å². The molecule has 21 heavy (non-hydrogen) atoms. The molecule has 0 radical (unpaired) electrons. The van der Waals surface area contributed by atoms with E-state index in [9.17, 15) is 0 Å². The van der Waals surface area contributed by atoms with Crippen molar-refractivity contribution in [1.29, 1.82) is 0 Å². The first kappa shape index (κ1) is 16.3. The molecule has 1 aromatic heterocycles. The van der Waals surface area contributed by atoms with E-state index in [1.807, 2.05) is 18.2 Å². The van der Waals surface area contributed by atoms with Gasteiger partial charge in [-0.15, -0.1) is 0 Å². The standard InChI is InChI=1S/C16H20BrN3S/c1-3-5-14-19-15(18-10-4-2)11-16(20-14)21-13-8-6-12(17)7-9-13/h6-9,11H,3-5,10H2,1-2H3,(H,18,19,20). The van der Waals surface area contributed by atoms with Crippen LogP contribution >= 0.6 is 27.7 Å². The summed E-state index contributed by atoms with van der Waals surface area (Å²) in [5.41, 5.74) is 0. The number of hydrogen-bond donors (Lipinski definition) is 1. The second-order valence-corrected chi connectivity index (χ2v) is 6.75. The molecule has 1 heterocycles. The largest absolute Gasteiger partial charge is 0.370 e. The highest BCUT2D eigenvalue weighted by Crippen LogP contribution is 2.28. The van der Waals surface area contributed by atoms with Crippen LogP contribution in [0.2, 0.25) is 0 Å². The Balaban J connectivity index is 2.19. The van der Waals surface area contributed by atoms with Gasteiger partial charge in [0.15, 0.2) is 0 Å². The van der Waals surface area contributed by atoms with Crippen LogP contribution in [-0.4, -0.2) is 16.5 Å². The van der Waals surface area contributed by atoms with Crippen LogP contribution in [0.15, 0.2) is 44.7 Å². The molecule has 0 aliphatic rings. The molecule has 0 aliphatic heterocycles. The number of halogens is 1. The van der Waals surface area contributed by atoms with Crippen LogP contribution < -0.4 is 5.32 Å².